The highest BCUT2D eigenvalue weighted by Crippen LogP contribution is 2.70. The van der Waals surface area contributed by atoms with Gasteiger partial charge >= 0.3 is 7.94 Å². The molecule has 3 aliphatic heterocycles. The Kier molecular flexibility index (Phi) is 5.41. The number of nitro benzene ring substituents is 1. The Morgan fingerprint density at radius 1 is 0.769 bits per heavy atom. The van der Waals surface area contributed by atoms with Crippen molar-refractivity contribution in [3.8, 4) is 5.75 Å². The molecule has 0 atom stereocenters. The lowest BCUT2D eigenvalue weighted by Crippen LogP contribution is -2.45. The number of hydrogen-bond donors (Lipinski definition) is 0. The number of nitro groups is 1. The molecule has 3 fully saturated rings. The molecule has 142 valence electrons. The SMILES string of the molecule is O=[N+]([O-])c1ccc(O[P+](N2CCCC2)(N2CCCC2)N2CCCC2)cc1. The molecule has 0 bridgehead atoms. The molecule has 0 aliphatic carbocycles. The van der Waals surface area contributed by atoms with Crippen molar-refractivity contribution in [1.29, 1.82) is 0 Å². The maximum atomic E-state index is 11.0. The minimum Gasteiger partial charge on any atom is -0.292 e. The van der Waals surface area contributed by atoms with Gasteiger partial charge in [-0.15, -0.1) is 14.0 Å². The van der Waals surface area contributed by atoms with Crippen molar-refractivity contribution in [2.75, 3.05) is 39.3 Å². The van der Waals surface area contributed by atoms with Gasteiger partial charge in [0.15, 0.2) is 5.75 Å². The third-order valence-corrected chi connectivity index (χ3v) is 9.49. The monoisotopic (exact) mass is 379 g/mol. The molecule has 26 heavy (non-hydrogen) atoms. The molecule has 7 nitrogen and oxygen atoms in total. The van der Waals surface area contributed by atoms with Crippen LogP contribution < -0.4 is 4.52 Å². The van der Waals surface area contributed by atoms with E-state index in [1.54, 1.807) is 24.3 Å². The van der Waals surface area contributed by atoms with Crippen LogP contribution in [0.1, 0.15) is 38.5 Å². The van der Waals surface area contributed by atoms with Crippen molar-refractivity contribution in [2.24, 2.45) is 0 Å². The van der Waals surface area contributed by atoms with Crippen molar-refractivity contribution in [1.82, 2.24) is 14.0 Å². The third kappa shape index (κ3) is 3.33. The molecule has 3 heterocycles. The average molecular weight is 379 g/mol. The minimum absolute atomic E-state index is 0.116. The molecule has 0 radical (unpaired) electrons. The molecule has 1 aromatic rings. The Morgan fingerprint density at radius 2 is 1.15 bits per heavy atom. The Labute approximate surface area is 155 Å². The summed E-state index contributed by atoms with van der Waals surface area (Å²) in [6.07, 6.45) is 7.38. The Balaban J connectivity index is 1.69. The molecule has 0 unspecified atom stereocenters. The first-order valence-corrected chi connectivity index (χ1v) is 11.4. The van der Waals surface area contributed by atoms with Crippen LogP contribution in [0.25, 0.3) is 0 Å². The number of benzene rings is 1. The van der Waals surface area contributed by atoms with E-state index in [4.69, 9.17) is 4.52 Å². The van der Waals surface area contributed by atoms with Crippen molar-refractivity contribution in [2.45, 2.75) is 38.5 Å². The molecule has 0 N–H and O–H groups in total. The molecular weight excluding hydrogens is 351 g/mol. The Hall–Kier alpha value is -1.27. The fraction of sp³-hybridized carbons (Fsp3) is 0.667. The van der Waals surface area contributed by atoms with Crippen LogP contribution in [0.5, 0.6) is 5.75 Å². The van der Waals surface area contributed by atoms with E-state index >= 15 is 0 Å². The van der Waals surface area contributed by atoms with Crippen molar-refractivity contribution < 1.29 is 9.45 Å². The standard InChI is InChI=1S/C18H28N4O3P/c23-22(24)17-7-9-18(10-8-17)25-26(19-11-1-2-12-19,20-13-3-4-14-20)21-15-5-6-16-21/h7-10H,1-6,11-16H2/q+1. The van der Waals surface area contributed by atoms with Gasteiger partial charge in [-0.05, 0) is 50.7 Å². The molecular formula is C18H28N4O3P+. The molecule has 3 aliphatic rings. The van der Waals surface area contributed by atoms with Crippen LogP contribution >= 0.6 is 7.94 Å². The summed E-state index contributed by atoms with van der Waals surface area (Å²) < 4.78 is 14.7. The van der Waals surface area contributed by atoms with E-state index in [1.165, 1.54) is 38.5 Å². The van der Waals surface area contributed by atoms with Crippen LogP contribution in [-0.2, 0) is 0 Å². The molecule has 0 aromatic heterocycles. The largest absolute Gasteiger partial charge is 0.417 e. The van der Waals surface area contributed by atoms with E-state index in [0.29, 0.717) is 0 Å². The van der Waals surface area contributed by atoms with E-state index in [0.717, 1.165) is 45.0 Å². The van der Waals surface area contributed by atoms with E-state index in [9.17, 15) is 10.1 Å². The zero-order valence-corrected chi connectivity index (χ0v) is 16.1. The summed E-state index contributed by atoms with van der Waals surface area (Å²) in [5, 5.41) is 11.0. The van der Waals surface area contributed by atoms with Crippen molar-refractivity contribution in [3.63, 3.8) is 0 Å². The number of non-ortho nitro benzene ring substituents is 1. The Bertz CT molecular complexity index is 583. The lowest BCUT2D eigenvalue weighted by atomic mass is 10.3. The summed E-state index contributed by atoms with van der Waals surface area (Å²) in [6, 6.07) is 6.66. The number of rotatable bonds is 6. The highest BCUT2D eigenvalue weighted by molar-refractivity contribution is 7.64. The van der Waals surface area contributed by atoms with Gasteiger partial charge < -0.3 is 0 Å². The molecule has 3 saturated heterocycles. The van der Waals surface area contributed by atoms with Gasteiger partial charge in [0, 0.05) is 51.4 Å². The third-order valence-electron chi connectivity index (χ3n) is 5.63. The molecule has 4 rings (SSSR count). The summed E-state index contributed by atoms with van der Waals surface area (Å²) in [5.74, 6) is 0.759. The van der Waals surface area contributed by atoms with Gasteiger partial charge in [-0.3, -0.25) is 14.6 Å². The van der Waals surface area contributed by atoms with Gasteiger partial charge in [-0.25, -0.2) is 0 Å². The van der Waals surface area contributed by atoms with Gasteiger partial charge in [0.05, 0.1) is 4.92 Å². The summed E-state index contributed by atoms with van der Waals surface area (Å²) in [7, 11) is -2.07. The lowest BCUT2D eigenvalue weighted by molar-refractivity contribution is -0.384. The first kappa shape index (κ1) is 18.1. The van der Waals surface area contributed by atoms with Crippen LogP contribution in [0, 0.1) is 10.1 Å². The van der Waals surface area contributed by atoms with Crippen molar-refractivity contribution >= 4 is 13.6 Å². The van der Waals surface area contributed by atoms with Crippen LogP contribution in [0.3, 0.4) is 0 Å². The predicted octanol–water partition coefficient (Wildman–Crippen LogP) is 3.94. The van der Waals surface area contributed by atoms with Gasteiger partial charge in [0.25, 0.3) is 5.69 Å². The van der Waals surface area contributed by atoms with Crippen LogP contribution in [0.2, 0.25) is 0 Å². The maximum Gasteiger partial charge on any atom is 0.417 e. The highest BCUT2D eigenvalue weighted by Gasteiger charge is 2.62. The van der Waals surface area contributed by atoms with Crippen LogP contribution in [0.15, 0.2) is 24.3 Å². The zero-order valence-electron chi connectivity index (χ0n) is 15.3. The zero-order chi connectivity index (χ0) is 18.0. The summed E-state index contributed by atoms with van der Waals surface area (Å²) in [4.78, 5) is 10.6. The number of hydrogen-bond acceptors (Lipinski definition) is 6. The smallest absolute Gasteiger partial charge is 0.292 e. The molecule has 8 heteroatoms. The van der Waals surface area contributed by atoms with E-state index in [1.807, 2.05) is 0 Å². The van der Waals surface area contributed by atoms with Gasteiger partial charge in [0.2, 0.25) is 0 Å². The van der Waals surface area contributed by atoms with E-state index in [2.05, 4.69) is 14.0 Å². The van der Waals surface area contributed by atoms with Crippen molar-refractivity contribution in [3.05, 3.63) is 34.4 Å². The second-order valence-electron chi connectivity index (χ2n) is 7.34. The second-order valence-corrected chi connectivity index (χ2v) is 10.2. The molecule has 1 aromatic carbocycles. The number of nitrogens with zero attached hydrogens (tertiary/aromatic N) is 4. The molecule has 0 amide bonds. The summed E-state index contributed by atoms with van der Waals surface area (Å²) in [5.41, 5.74) is 0.116. The molecule has 0 saturated carbocycles. The highest BCUT2D eigenvalue weighted by atomic mass is 31.2. The lowest BCUT2D eigenvalue weighted by Gasteiger charge is -2.41. The quantitative estimate of drug-likeness (QED) is 0.424. The normalized spacial score (nSPS) is 22.9. The summed E-state index contributed by atoms with van der Waals surface area (Å²) >= 11 is 0. The average Bonchev–Trinajstić information content (AvgIpc) is 3.44. The van der Waals surface area contributed by atoms with Crippen LogP contribution in [-0.4, -0.2) is 58.2 Å². The second kappa shape index (κ2) is 7.77. The summed E-state index contributed by atoms with van der Waals surface area (Å²) in [6.45, 7) is 6.55. The minimum atomic E-state index is -2.07. The van der Waals surface area contributed by atoms with Crippen LogP contribution in [0.4, 0.5) is 5.69 Å². The fourth-order valence-electron chi connectivity index (χ4n) is 4.36. The first-order chi connectivity index (χ1) is 12.7. The van der Waals surface area contributed by atoms with E-state index in [-0.39, 0.29) is 10.6 Å². The predicted molar refractivity (Wildman–Crippen MR) is 103 cm³/mol. The van der Waals surface area contributed by atoms with Gasteiger partial charge in [0.1, 0.15) is 0 Å². The van der Waals surface area contributed by atoms with E-state index < -0.39 is 7.94 Å². The Morgan fingerprint density at radius 3 is 1.50 bits per heavy atom. The molecule has 0 spiro atoms. The maximum absolute atomic E-state index is 11.0. The topological polar surface area (TPSA) is 62.1 Å². The first-order valence-electron chi connectivity index (χ1n) is 9.79. The van der Waals surface area contributed by atoms with Gasteiger partial charge in [-0.2, -0.15) is 0 Å². The van der Waals surface area contributed by atoms with Gasteiger partial charge in [-0.1, -0.05) is 0 Å². The fourth-order valence-corrected chi connectivity index (χ4v) is 8.60.